The smallest absolute Gasteiger partial charge is 0.349 e. The fourth-order valence-corrected chi connectivity index (χ4v) is 2.20. The van der Waals surface area contributed by atoms with Crippen molar-refractivity contribution in [1.82, 2.24) is 0 Å². The molecular formula is C15H12N2O3S. The summed E-state index contributed by atoms with van der Waals surface area (Å²) in [7, 11) is 0. The lowest BCUT2D eigenvalue weighted by atomic mass is 10.2. The average Bonchev–Trinajstić information content (AvgIpc) is 3.02. The van der Waals surface area contributed by atoms with Crippen molar-refractivity contribution in [2.24, 2.45) is 0 Å². The van der Waals surface area contributed by atoms with E-state index in [0.29, 0.717) is 16.1 Å². The second-order valence-electron chi connectivity index (χ2n) is 4.17. The molecule has 0 spiro atoms. The number of nitrogens with zero attached hydrogens (tertiary/aromatic N) is 1. The van der Waals surface area contributed by atoms with Gasteiger partial charge >= 0.3 is 5.97 Å². The minimum Gasteiger partial charge on any atom is -0.448 e. The Morgan fingerprint density at radius 3 is 2.71 bits per heavy atom. The van der Waals surface area contributed by atoms with Gasteiger partial charge in [0.15, 0.2) is 6.10 Å². The van der Waals surface area contributed by atoms with Crippen molar-refractivity contribution in [3.8, 4) is 6.07 Å². The van der Waals surface area contributed by atoms with Crippen molar-refractivity contribution >= 4 is 28.9 Å². The molecule has 5 nitrogen and oxygen atoms in total. The van der Waals surface area contributed by atoms with E-state index in [9.17, 15) is 9.59 Å². The largest absolute Gasteiger partial charge is 0.448 e. The molecule has 0 radical (unpaired) electrons. The maximum absolute atomic E-state index is 12.0. The Hall–Kier alpha value is -2.65. The first kappa shape index (κ1) is 14.8. The van der Waals surface area contributed by atoms with Gasteiger partial charge in [-0.1, -0.05) is 18.2 Å². The Morgan fingerprint density at radius 2 is 2.05 bits per heavy atom. The Kier molecular flexibility index (Phi) is 4.69. The van der Waals surface area contributed by atoms with Crippen molar-refractivity contribution in [3.05, 3.63) is 52.2 Å². The number of rotatable bonds is 4. The number of anilines is 1. The molecule has 1 aromatic heterocycles. The predicted molar refractivity (Wildman–Crippen MR) is 79.0 cm³/mol. The van der Waals surface area contributed by atoms with Crippen LogP contribution in [-0.4, -0.2) is 18.0 Å². The van der Waals surface area contributed by atoms with Crippen LogP contribution in [0.15, 0.2) is 41.8 Å². The number of hydrogen-bond acceptors (Lipinski definition) is 5. The Balaban J connectivity index is 2.00. The second-order valence-corrected chi connectivity index (χ2v) is 5.12. The zero-order valence-corrected chi connectivity index (χ0v) is 12.0. The summed E-state index contributed by atoms with van der Waals surface area (Å²) in [6, 6.07) is 12.0. The van der Waals surface area contributed by atoms with Gasteiger partial charge in [0.05, 0.1) is 11.3 Å². The number of thiophene rings is 1. The Bertz CT molecular complexity index is 689. The first-order valence-corrected chi connectivity index (χ1v) is 7.04. The Labute approximate surface area is 125 Å². The molecule has 1 aromatic carbocycles. The van der Waals surface area contributed by atoms with Gasteiger partial charge in [-0.25, -0.2) is 4.79 Å². The number of hydrogen-bond donors (Lipinski definition) is 1. The van der Waals surface area contributed by atoms with Crippen molar-refractivity contribution in [2.45, 2.75) is 13.0 Å². The molecule has 0 aliphatic heterocycles. The van der Waals surface area contributed by atoms with Crippen LogP contribution in [-0.2, 0) is 9.53 Å². The van der Waals surface area contributed by atoms with Crippen LogP contribution in [0.4, 0.5) is 5.69 Å². The normalized spacial score (nSPS) is 11.2. The average molecular weight is 300 g/mol. The summed E-state index contributed by atoms with van der Waals surface area (Å²) in [5.74, 6) is -1.02. The van der Waals surface area contributed by atoms with E-state index >= 15 is 0 Å². The van der Waals surface area contributed by atoms with Crippen LogP contribution in [0.2, 0.25) is 0 Å². The van der Waals surface area contributed by atoms with E-state index in [2.05, 4.69) is 5.32 Å². The summed E-state index contributed by atoms with van der Waals surface area (Å²) in [5, 5.41) is 13.3. The third-order valence-corrected chi connectivity index (χ3v) is 3.53. The van der Waals surface area contributed by atoms with Gasteiger partial charge in [0.1, 0.15) is 10.9 Å². The lowest BCUT2D eigenvalue weighted by Crippen LogP contribution is -2.30. The van der Waals surface area contributed by atoms with Gasteiger partial charge in [-0.3, -0.25) is 4.79 Å². The van der Waals surface area contributed by atoms with Crippen LogP contribution in [0.3, 0.4) is 0 Å². The fourth-order valence-electron chi connectivity index (χ4n) is 1.59. The minimum absolute atomic E-state index is 0.350. The number of amides is 1. The van der Waals surface area contributed by atoms with Gasteiger partial charge < -0.3 is 10.1 Å². The molecule has 21 heavy (non-hydrogen) atoms. The third kappa shape index (κ3) is 3.68. The highest BCUT2D eigenvalue weighted by Crippen LogP contribution is 2.15. The van der Waals surface area contributed by atoms with Crippen LogP contribution in [0, 0.1) is 11.3 Å². The molecule has 0 fully saturated rings. The molecule has 2 rings (SSSR count). The number of carbonyl (C=O) groups is 2. The maximum atomic E-state index is 12.0. The van der Waals surface area contributed by atoms with Crippen LogP contribution >= 0.6 is 11.3 Å². The highest BCUT2D eigenvalue weighted by atomic mass is 32.1. The number of para-hydroxylation sites is 1. The lowest BCUT2D eigenvalue weighted by molar-refractivity contribution is -0.123. The number of benzene rings is 1. The first-order valence-electron chi connectivity index (χ1n) is 6.16. The van der Waals surface area contributed by atoms with Crippen molar-refractivity contribution in [1.29, 1.82) is 5.26 Å². The fraction of sp³-hybridized carbons (Fsp3) is 0.133. The maximum Gasteiger partial charge on any atom is 0.349 e. The van der Waals surface area contributed by atoms with E-state index in [1.807, 2.05) is 6.07 Å². The molecule has 1 atom stereocenters. The summed E-state index contributed by atoms with van der Waals surface area (Å²) < 4.78 is 5.08. The molecule has 2 aromatic rings. The monoisotopic (exact) mass is 300 g/mol. The molecule has 106 valence electrons. The summed E-state index contributed by atoms with van der Waals surface area (Å²) in [6.45, 7) is 1.48. The topological polar surface area (TPSA) is 79.2 Å². The van der Waals surface area contributed by atoms with Crippen LogP contribution < -0.4 is 5.32 Å². The number of esters is 1. The van der Waals surface area contributed by atoms with Gasteiger partial charge in [-0.15, -0.1) is 11.3 Å². The van der Waals surface area contributed by atoms with Crippen molar-refractivity contribution in [2.75, 3.05) is 5.32 Å². The first-order chi connectivity index (χ1) is 10.1. The summed E-state index contributed by atoms with van der Waals surface area (Å²) in [4.78, 5) is 24.2. The van der Waals surface area contributed by atoms with E-state index < -0.39 is 18.0 Å². The molecule has 1 N–H and O–H groups in total. The molecule has 0 saturated heterocycles. The molecule has 1 heterocycles. The van der Waals surface area contributed by atoms with E-state index in [-0.39, 0.29) is 0 Å². The molecule has 0 bridgehead atoms. The summed E-state index contributed by atoms with van der Waals surface area (Å²) in [5.41, 5.74) is 0.742. The highest BCUT2D eigenvalue weighted by Gasteiger charge is 2.20. The third-order valence-electron chi connectivity index (χ3n) is 2.68. The second kappa shape index (κ2) is 6.68. The highest BCUT2D eigenvalue weighted by molar-refractivity contribution is 7.11. The quantitative estimate of drug-likeness (QED) is 0.881. The molecule has 0 aliphatic carbocycles. The van der Waals surface area contributed by atoms with E-state index in [4.69, 9.17) is 10.00 Å². The van der Waals surface area contributed by atoms with Gasteiger partial charge in [0.25, 0.3) is 5.91 Å². The SMILES string of the molecule is C[C@@H](OC(=O)c1cccs1)C(=O)Nc1ccccc1C#N. The molecular weight excluding hydrogens is 288 g/mol. The minimum atomic E-state index is -0.952. The molecule has 6 heteroatoms. The van der Waals surface area contributed by atoms with Gasteiger partial charge in [-0.2, -0.15) is 5.26 Å². The van der Waals surface area contributed by atoms with Gasteiger partial charge in [-0.05, 0) is 30.5 Å². The summed E-state index contributed by atoms with van der Waals surface area (Å²) in [6.07, 6.45) is -0.952. The van der Waals surface area contributed by atoms with Gasteiger partial charge in [0.2, 0.25) is 0 Å². The van der Waals surface area contributed by atoms with E-state index in [1.165, 1.54) is 18.3 Å². The van der Waals surface area contributed by atoms with Gasteiger partial charge in [0, 0.05) is 0 Å². The molecule has 0 saturated carbocycles. The van der Waals surface area contributed by atoms with Crippen LogP contribution in [0.25, 0.3) is 0 Å². The van der Waals surface area contributed by atoms with E-state index in [1.54, 1.807) is 41.8 Å². The van der Waals surface area contributed by atoms with Crippen LogP contribution in [0.1, 0.15) is 22.2 Å². The number of ether oxygens (including phenoxy) is 1. The summed E-state index contributed by atoms with van der Waals surface area (Å²) >= 11 is 1.25. The number of carbonyl (C=O) groups excluding carboxylic acids is 2. The van der Waals surface area contributed by atoms with E-state index in [0.717, 1.165) is 0 Å². The van der Waals surface area contributed by atoms with Crippen molar-refractivity contribution in [3.63, 3.8) is 0 Å². The van der Waals surface area contributed by atoms with Crippen molar-refractivity contribution < 1.29 is 14.3 Å². The zero-order chi connectivity index (χ0) is 15.2. The molecule has 0 aliphatic rings. The standard InChI is InChI=1S/C15H12N2O3S/c1-10(20-15(19)13-7-4-8-21-13)14(18)17-12-6-3-2-5-11(12)9-16/h2-8,10H,1H3,(H,17,18)/t10-/m1/s1. The predicted octanol–water partition coefficient (Wildman–Crippen LogP) is 2.80. The molecule has 0 unspecified atom stereocenters. The number of nitriles is 1. The van der Waals surface area contributed by atoms with Crippen LogP contribution in [0.5, 0.6) is 0 Å². The number of nitrogens with one attached hydrogen (secondary N) is 1. The molecule has 1 amide bonds. The lowest BCUT2D eigenvalue weighted by Gasteiger charge is -2.13. The zero-order valence-electron chi connectivity index (χ0n) is 11.2. The Morgan fingerprint density at radius 1 is 1.29 bits per heavy atom.